The van der Waals surface area contributed by atoms with Gasteiger partial charge in [-0.1, -0.05) is 62.2 Å². The average molecular weight is 943 g/mol. The number of nitro groups is 2. The number of carbonyl (C=O) groups is 5. The van der Waals surface area contributed by atoms with Crippen molar-refractivity contribution in [1.29, 1.82) is 0 Å². The summed E-state index contributed by atoms with van der Waals surface area (Å²) in [6, 6.07) is 10.2. The number of nitro benzene ring substituents is 2. The summed E-state index contributed by atoms with van der Waals surface area (Å²) < 4.78 is 20.4. The maximum Gasteiger partial charge on any atom is 0.407 e. The van der Waals surface area contributed by atoms with E-state index in [2.05, 4.69) is 21.3 Å². The first-order valence-electron chi connectivity index (χ1n) is 22.1. The third-order valence-corrected chi connectivity index (χ3v) is 11.9. The summed E-state index contributed by atoms with van der Waals surface area (Å²) in [7, 11) is 2.55. The first-order chi connectivity index (χ1) is 30.9. The van der Waals surface area contributed by atoms with Crippen LogP contribution in [0, 0.1) is 31.1 Å². The lowest BCUT2D eigenvalue weighted by molar-refractivity contribution is -0.385. The molecule has 0 aliphatic heterocycles. The summed E-state index contributed by atoms with van der Waals surface area (Å²) in [5, 5.41) is 33.2. The van der Waals surface area contributed by atoms with Crippen LogP contribution in [-0.2, 0) is 46.2 Å². The highest BCUT2D eigenvalue weighted by Crippen LogP contribution is 2.43. The Morgan fingerprint density at radius 2 is 0.970 bits per heavy atom. The third-order valence-electron chi connectivity index (χ3n) is 11.4. The molecule has 4 rings (SSSR count). The molecule has 364 valence electrons. The van der Waals surface area contributed by atoms with Gasteiger partial charge in [-0.2, -0.15) is 0 Å². The van der Waals surface area contributed by atoms with E-state index in [0.717, 1.165) is 44.1 Å². The molecular formula is C46H66N6O13S. The molecule has 2 fully saturated rings. The van der Waals surface area contributed by atoms with Gasteiger partial charge in [0.25, 0.3) is 11.4 Å². The summed E-state index contributed by atoms with van der Waals surface area (Å²) in [5.41, 5.74) is -0.876. The van der Waals surface area contributed by atoms with Crippen LogP contribution in [0.25, 0.3) is 0 Å². The Morgan fingerprint density at radius 1 is 0.621 bits per heavy atom. The lowest BCUT2D eigenvalue weighted by Gasteiger charge is -2.33. The number of thiocarbonyl (C=S) groups is 1. The molecule has 2 aliphatic rings. The lowest BCUT2D eigenvalue weighted by Crippen LogP contribution is -2.50. The number of methoxy groups -OCH3 is 2. The topological polar surface area (TPSA) is 257 Å². The molecule has 66 heavy (non-hydrogen) atoms. The highest BCUT2D eigenvalue weighted by atomic mass is 32.1. The highest BCUT2D eigenvalue weighted by Gasteiger charge is 2.43. The number of amides is 3. The Hall–Kier alpha value is -5.92. The van der Waals surface area contributed by atoms with Gasteiger partial charge < -0.3 is 40.2 Å². The highest BCUT2D eigenvalue weighted by molar-refractivity contribution is 7.80. The van der Waals surface area contributed by atoms with E-state index >= 15 is 0 Å². The Labute approximate surface area is 391 Å². The van der Waals surface area contributed by atoms with Crippen molar-refractivity contribution in [3.05, 3.63) is 79.9 Å². The van der Waals surface area contributed by atoms with Gasteiger partial charge in [-0.25, -0.2) is 19.2 Å². The number of esters is 2. The Balaban J connectivity index is 0.000000350. The number of nitrogens with one attached hydrogen (secondary N) is 4. The first kappa shape index (κ1) is 54.4. The van der Waals surface area contributed by atoms with Crippen molar-refractivity contribution in [2.75, 3.05) is 27.3 Å². The molecular weight excluding hydrogens is 877 g/mol. The van der Waals surface area contributed by atoms with Crippen LogP contribution < -0.4 is 21.3 Å². The SMILES string of the molecule is COC(=O)C(Cc1ccc([N+](=O)[O-])cc1)NC(=O)C1(CCNC(=O)OC(C)(C)C)CCCC1.COC(=O)C(Cc1ccc([N+](=O)[O-])cc1)NC(=S)C1(CCNC(=O)OC(C)(C)C)CCCC1. The summed E-state index contributed by atoms with van der Waals surface area (Å²) in [6.45, 7) is 11.4. The van der Waals surface area contributed by atoms with Crippen molar-refractivity contribution in [3.8, 4) is 0 Å². The van der Waals surface area contributed by atoms with Gasteiger partial charge in [-0.15, -0.1) is 0 Å². The summed E-state index contributed by atoms with van der Waals surface area (Å²) in [5.74, 6) is -1.32. The number of hydrogen-bond acceptors (Lipinski definition) is 14. The number of alkyl carbamates (subject to hydrolysis) is 2. The maximum absolute atomic E-state index is 13.3. The minimum absolute atomic E-state index is 0.0146. The predicted octanol–water partition coefficient (Wildman–Crippen LogP) is 7.34. The van der Waals surface area contributed by atoms with Crippen molar-refractivity contribution >= 4 is 58.6 Å². The molecule has 20 heteroatoms. The second-order valence-corrected chi connectivity index (χ2v) is 19.1. The van der Waals surface area contributed by atoms with E-state index in [0.29, 0.717) is 42.8 Å². The van der Waals surface area contributed by atoms with Crippen LogP contribution in [0.4, 0.5) is 21.0 Å². The van der Waals surface area contributed by atoms with Gasteiger partial charge in [0, 0.05) is 55.6 Å². The van der Waals surface area contributed by atoms with E-state index in [1.165, 1.54) is 38.5 Å². The quantitative estimate of drug-likeness (QED) is 0.0375. The fourth-order valence-corrected chi connectivity index (χ4v) is 8.44. The zero-order valence-corrected chi connectivity index (χ0v) is 40.1. The van der Waals surface area contributed by atoms with Crippen molar-refractivity contribution in [3.63, 3.8) is 0 Å². The van der Waals surface area contributed by atoms with Gasteiger partial charge in [0.15, 0.2) is 0 Å². The van der Waals surface area contributed by atoms with Crippen molar-refractivity contribution in [2.24, 2.45) is 10.8 Å². The zero-order chi connectivity index (χ0) is 49.3. The molecule has 0 saturated heterocycles. The Morgan fingerprint density at radius 3 is 1.32 bits per heavy atom. The number of nitrogens with zero attached hydrogens (tertiary/aromatic N) is 2. The molecule has 2 aromatic rings. The number of carbonyl (C=O) groups excluding carboxylic acids is 5. The van der Waals surface area contributed by atoms with Gasteiger partial charge in [0.1, 0.15) is 23.3 Å². The molecule has 0 bridgehead atoms. The summed E-state index contributed by atoms with van der Waals surface area (Å²) in [6.07, 6.45) is 7.27. The van der Waals surface area contributed by atoms with Gasteiger partial charge in [0.2, 0.25) is 5.91 Å². The first-order valence-corrected chi connectivity index (χ1v) is 22.5. The van der Waals surface area contributed by atoms with Crippen LogP contribution in [-0.4, -0.2) is 95.5 Å². The molecule has 0 aromatic heterocycles. The Kier molecular flexibility index (Phi) is 20.2. The van der Waals surface area contributed by atoms with Crippen molar-refractivity contribution < 1.29 is 52.8 Å². The van der Waals surface area contributed by atoms with E-state index in [1.807, 2.05) is 20.8 Å². The smallest absolute Gasteiger partial charge is 0.407 e. The fraction of sp³-hybridized carbons (Fsp3) is 0.609. The number of non-ortho nitro benzene ring substituents is 2. The lowest BCUT2D eigenvalue weighted by atomic mass is 9.81. The molecule has 2 saturated carbocycles. The molecule has 0 heterocycles. The normalized spacial score (nSPS) is 15.9. The third kappa shape index (κ3) is 17.5. The van der Waals surface area contributed by atoms with E-state index < -0.39 is 62.7 Å². The van der Waals surface area contributed by atoms with Crippen LogP contribution in [0.3, 0.4) is 0 Å². The predicted molar refractivity (Wildman–Crippen MR) is 249 cm³/mol. The van der Waals surface area contributed by atoms with E-state index in [-0.39, 0.29) is 42.1 Å². The molecule has 0 radical (unpaired) electrons. The zero-order valence-electron chi connectivity index (χ0n) is 39.3. The van der Waals surface area contributed by atoms with E-state index in [9.17, 15) is 44.2 Å². The van der Waals surface area contributed by atoms with Gasteiger partial charge >= 0.3 is 24.1 Å². The van der Waals surface area contributed by atoms with Crippen LogP contribution in [0.15, 0.2) is 48.5 Å². The number of hydrogen-bond donors (Lipinski definition) is 4. The molecule has 3 amide bonds. The molecule has 0 spiro atoms. The van der Waals surface area contributed by atoms with Gasteiger partial charge in [-0.3, -0.25) is 25.0 Å². The minimum Gasteiger partial charge on any atom is -0.467 e. The molecule has 19 nitrogen and oxygen atoms in total. The molecule has 2 unspecified atom stereocenters. The molecule has 4 N–H and O–H groups in total. The van der Waals surface area contributed by atoms with Gasteiger partial charge in [-0.05, 0) is 91.2 Å². The van der Waals surface area contributed by atoms with Crippen LogP contribution in [0.2, 0.25) is 0 Å². The second-order valence-electron chi connectivity index (χ2n) is 18.7. The number of benzene rings is 2. The fourth-order valence-electron chi connectivity index (χ4n) is 7.99. The van der Waals surface area contributed by atoms with Gasteiger partial charge in [0.05, 0.1) is 34.5 Å². The monoisotopic (exact) mass is 942 g/mol. The van der Waals surface area contributed by atoms with Crippen LogP contribution >= 0.6 is 12.2 Å². The van der Waals surface area contributed by atoms with Crippen molar-refractivity contribution in [1.82, 2.24) is 21.3 Å². The van der Waals surface area contributed by atoms with Crippen LogP contribution in [0.1, 0.15) is 117 Å². The van der Waals surface area contributed by atoms with E-state index in [4.69, 9.17) is 31.2 Å². The number of rotatable bonds is 18. The summed E-state index contributed by atoms with van der Waals surface area (Å²) in [4.78, 5) is 83.4. The molecule has 2 atom stereocenters. The molecule has 2 aromatic carbocycles. The largest absolute Gasteiger partial charge is 0.467 e. The average Bonchev–Trinajstić information content (AvgIpc) is 3.94. The molecule has 2 aliphatic carbocycles. The second kappa shape index (κ2) is 24.6. The summed E-state index contributed by atoms with van der Waals surface area (Å²) >= 11 is 5.76. The maximum atomic E-state index is 13.3. The standard InChI is InChI=1S/C23H33N3O7.C23H33N3O6S/c1-22(2,3)33-21(29)24-14-13-23(11-5-6-12-23)20(28)25-18(19(27)32-4)15-16-7-9-17(10-8-16)26(30)31;1-22(2,3)32-21(28)24-14-13-23(11-5-6-12-23)20(33)25-18(19(27)31-4)15-16-7-9-17(10-8-16)26(29)30/h7-10,18H,5-6,11-15H2,1-4H3,(H,24,29)(H,25,28);7-10,18H,5-6,11-15H2,1-4H3,(H,24,28)(H,25,33). The van der Waals surface area contributed by atoms with Crippen LogP contribution in [0.5, 0.6) is 0 Å². The van der Waals surface area contributed by atoms with Crippen molar-refractivity contribution in [2.45, 2.75) is 142 Å². The number of ether oxygens (including phenoxy) is 4. The minimum atomic E-state index is -0.930. The Bertz CT molecular complexity index is 1860. The van der Waals surface area contributed by atoms with E-state index in [1.54, 1.807) is 45.0 Å².